The van der Waals surface area contributed by atoms with Crippen LogP contribution in [-0.4, -0.2) is 14.3 Å². The summed E-state index contributed by atoms with van der Waals surface area (Å²) in [7, 11) is -3.68. The van der Waals surface area contributed by atoms with E-state index in [1.54, 1.807) is 23.5 Å². The number of primary sulfonamides is 1. The lowest BCUT2D eigenvalue weighted by atomic mass is 10.1. The van der Waals surface area contributed by atoms with Gasteiger partial charge in [0.25, 0.3) is 5.91 Å². The average molecular weight is 324 g/mol. The van der Waals surface area contributed by atoms with Gasteiger partial charge < -0.3 is 5.32 Å². The van der Waals surface area contributed by atoms with Gasteiger partial charge in [-0.25, -0.2) is 13.6 Å². The minimum atomic E-state index is -3.68. The molecule has 0 aliphatic heterocycles. The Bertz CT molecular complexity index is 762. The number of nitrogens with two attached hydrogens (primary N) is 1. The lowest BCUT2D eigenvalue weighted by Gasteiger charge is -2.06. The molecular formula is C14H16N2O3S2. The van der Waals surface area contributed by atoms with Crippen LogP contribution in [0, 0.1) is 13.8 Å². The maximum atomic E-state index is 12.1. The lowest BCUT2D eigenvalue weighted by Crippen LogP contribution is -2.23. The van der Waals surface area contributed by atoms with Gasteiger partial charge in [0.1, 0.15) is 0 Å². The van der Waals surface area contributed by atoms with Crippen LogP contribution < -0.4 is 10.5 Å². The molecule has 1 aromatic heterocycles. The predicted octanol–water partition coefficient (Wildman–Crippen LogP) is 1.94. The van der Waals surface area contributed by atoms with Gasteiger partial charge in [0.15, 0.2) is 0 Å². The number of carbonyl (C=O) groups excluding carboxylic acids is 1. The van der Waals surface area contributed by atoms with Gasteiger partial charge >= 0.3 is 0 Å². The molecule has 2 aromatic rings. The fraction of sp³-hybridized carbons (Fsp3) is 0.214. The first-order valence-electron chi connectivity index (χ1n) is 6.23. The third kappa shape index (κ3) is 3.69. The molecule has 3 N–H and O–H groups in total. The van der Waals surface area contributed by atoms with E-state index in [1.807, 2.05) is 19.2 Å². The van der Waals surface area contributed by atoms with Crippen LogP contribution in [-0.2, 0) is 16.6 Å². The number of nitrogens with one attached hydrogen (secondary N) is 1. The van der Waals surface area contributed by atoms with E-state index < -0.39 is 10.0 Å². The van der Waals surface area contributed by atoms with Crippen molar-refractivity contribution in [1.29, 1.82) is 0 Å². The standard InChI is InChI=1S/C14H16N2O3S2/c1-9-10(2)20-8-13(9)14(17)16-7-11-3-5-12(6-4-11)21(15,18)19/h3-6,8H,7H2,1-2H3,(H,16,17)(H2,15,18,19). The molecule has 2 rings (SSSR count). The highest BCUT2D eigenvalue weighted by molar-refractivity contribution is 7.89. The Kier molecular flexibility index (Phi) is 4.46. The molecule has 0 fully saturated rings. The number of hydrogen-bond donors (Lipinski definition) is 2. The van der Waals surface area contributed by atoms with Crippen molar-refractivity contribution < 1.29 is 13.2 Å². The largest absolute Gasteiger partial charge is 0.348 e. The first-order chi connectivity index (χ1) is 9.79. The molecule has 1 aromatic carbocycles. The minimum Gasteiger partial charge on any atom is -0.348 e. The highest BCUT2D eigenvalue weighted by Crippen LogP contribution is 2.20. The van der Waals surface area contributed by atoms with Crippen molar-refractivity contribution in [3.8, 4) is 0 Å². The monoisotopic (exact) mass is 324 g/mol. The Balaban J connectivity index is 2.03. The summed E-state index contributed by atoms with van der Waals surface area (Å²) in [5, 5.41) is 9.68. The minimum absolute atomic E-state index is 0.0573. The molecule has 0 saturated carbocycles. The van der Waals surface area contributed by atoms with Crippen molar-refractivity contribution >= 4 is 27.3 Å². The van der Waals surface area contributed by atoms with E-state index in [9.17, 15) is 13.2 Å². The second kappa shape index (κ2) is 5.97. The smallest absolute Gasteiger partial charge is 0.252 e. The second-order valence-electron chi connectivity index (χ2n) is 4.70. The summed E-state index contributed by atoms with van der Waals surface area (Å²) in [6.45, 7) is 4.22. The van der Waals surface area contributed by atoms with E-state index in [2.05, 4.69) is 5.32 Å². The Morgan fingerprint density at radius 2 is 1.86 bits per heavy atom. The first kappa shape index (κ1) is 15.7. The summed E-state index contributed by atoms with van der Waals surface area (Å²) in [5.41, 5.74) is 2.47. The van der Waals surface area contributed by atoms with Crippen LogP contribution in [0.5, 0.6) is 0 Å². The molecule has 0 unspecified atom stereocenters. The molecule has 7 heteroatoms. The summed E-state index contributed by atoms with van der Waals surface area (Å²) in [4.78, 5) is 13.2. The number of hydrogen-bond acceptors (Lipinski definition) is 4. The van der Waals surface area contributed by atoms with Crippen LogP contribution in [0.1, 0.15) is 26.4 Å². The van der Waals surface area contributed by atoms with Crippen LogP contribution in [0.15, 0.2) is 34.5 Å². The van der Waals surface area contributed by atoms with Crippen molar-refractivity contribution in [3.63, 3.8) is 0 Å². The maximum absolute atomic E-state index is 12.1. The highest BCUT2D eigenvalue weighted by atomic mass is 32.2. The van der Waals surface area contributed by atoms with E-state index >= 15 is 0 Å². The first-order valence-corrected chi connectivity index (χ1v) is 8.66. The number of sulfonamides is 1. The molecule has 112 valence electrons. The van der Waals surface area contributed by atoms with E-state index in [0.717, 1.165) is 16.0 Å². The normalized spacial score (nSPS) is 11.4. The summed E-state index contributed by atoms with van der Waals surface area (Å²) in [6.07, 6.45) is 0. The van der Waals surface area contributed by atoms with E-state index in [4.69, 9.17) is 5.14 Å². The molecule has 0 saturated heterocycles. The summed E-state index contributed by atoms with van der Waals surface area (Å²) in [6, 6.07) is 6.12. The fourth-order valence-corrected chi connectivity index (χ4v) is 3.19. The molecule has 1 amide bonds. The topological polar surface area (TPSA) is 89.3 Å². The molecule has 21 heavy (non-hydrogen) atoms. The molecular weight excluding hydrogens is 308 g/mol. The van der Waals surface area contributed by atoms with Gasteiger partial charge in [0.05, 0.1) is 10.5 Å². The summed E-state index contributed by atoms with van der Waals surface area (Å²) >= 11 is 1.54. The van der Waals surface area contributed by atoms with Gasteiger partial charge in [0.2, 0.25) is 10.0 Å². The number of aryl methyl sites for hydroxylation is 1. The van der Waals surface area contributed by atoms with Gasteiger partial charge in [-0.05, 0) is 37.1 Å². The van der Waals surface area contributed by atoms with Crippen molar-refractivity contribution in [2.24, 2.45) is 5.14 Å². The van der Waals surface area contributed by atoms with Crippen LogP contribution >= 0.6 is 11.3 Å². The zero-order valence-electron chi connectivity index (χ0n) is 11.7. The third-order valence-electron chi connectivity index (χ3n) is 3.24. The van der Waals surface area contributed by atoms with Crippen molar-refractivity contribution in [2.75, 3.05) is 0 Å². The van der Waals surface area contributed by atoms with Crippen molar-refractivity contribution in [2.45, 2.75) is 25.3 Å². The van der Waals surface area contributed by atoms with Gasteiger partial charge in [0, 0.05) is 16.8 Å². The SMILES string of the molecule is Cc1scc(C(=O)NCc2ccc(S(N)(=O)=O)cc2)c1C. The number of rotatable bonds is 4. The Hall–Kier alpha value is -1.70. The van der Waals surface area contributed by atoms with Gasteiger partial charge in [-0.3, -0.25) is 4.79 Å². The Morgan fingerprint density at radius 1 is 1.24 bits per heavy atom. The number of benzene rings is 1. The predicted molar refractivity (Wildman–Crippen MR) is 82.8 cm³/mol. The average Bonchev–Trinajstić information content (AvgIpc) is 2.76. The number of carbonyl (C=O) groups is 1. The number of amides is 1. The van der Waals surface area contributed by atoms with Crippen LogP contribution in [0.3, 0.4) is 0 Å². The number of thiophene rings is 1. The fourth-order valence-electron chi connectivity index (χ4n) is 1.81. The van der Waals surface area contributed by atoms with Crippen molar-refractivity contribution in [3.05, 3.63) is 51.2 Å². The summed E-state index contributed by atoms with van der Waals surface area (Å²) in [5.74, 6) is -0.132. The second-order valence-corrected chi connectivity index (χ2v) is 7.35. The van der Waals surface area contributed by atoms with Crippen LogP contribution in [0.2, 0.25) is 0 Å². The zero-order chi connectivity index (χ0) is 15.6. The van der Waals surface area contributed by atoms with E-state index in [0.29, 0.717) is 12.1 Å². The Labute approximate surface area is 127 Å². The van der Waals surface area contributed by atoms with E-state index in [-0.39, 0.29) is 10.8 Å². The Morgan fingerprint density at radius 3 is 2.33 bits per heavy atom. The molecule has 5 nitrogen and oxygen atoms in total. The van der Waals surface area contributed by atoms with Crippen molar-refractivity contribution in [1.82, 2.24) is 5.32 Å². The quantitative estimate of drug-likeness (QED) is 0.900. The molecule has 0 radical (unpaired) electrons. The van der Waals surface area contributed by atoms with Gasteiger partial charge in [-0.1, -0.05) is 12.1 Å². The van der Waals surface area contributed by atoms with Crippen LogP contribution in [0.4, 0.5) is 0 Å². The zero-order valence-corrected chi connectivity index (χ0v) is 13.3. The van der Waals surface area contributed by atoms with Gasteiger partial charge in [-0.2, -0.15) is 0 Å². The van der Waals surface area contributed by atoms with E-state index in [1.165, 1.54) is 12.1 Å². The molecule has 0 bridgehead atoms. The summed E-state index contributed by atoms with van der Waals surface area (Å²) < 4.78 is 22.3. The molecule has 0 atom stereocenters. The van der Waals surface area contributed by atoms with Gasteiger partial charge in [-0.15, -0.1) is 11.3 Å². The highest BCUT2D eigenvalue weighted by Gasteiger charge is 2.12. The molecule has 0 aliphatic rings. The third-order valence-corrected chi connectivity index (χ3v) is 5.18. The molecule has 1 heterocycles. The van der Waals surface area contributed by atoms with Crippen LogP contribution in [0.25, 0.3) is 0 Å². The molecule has 0 aliphatic carbocycles. The lowest BCUT2D eigenvalue weighted by molar-refractivity contribution is 0.0950. The maximum Gasteiger partial charge on any atom is 0.252 e. The molecule has 0 spiro atoms.